The van der Waals surface area contributed by atoms with Crippen molar-refractivity contribution in [3.63, 3.8) is 0 Å². The zero-order valence-electron chi connectivity index (χ0n) is 23.1. The number of rotatable bonds is 11. The molecule has 0 radical (unpaired) electrons. The minimum absolute atomic E-state index is 0.00415. The molecular weight excluding hydrogens is 568 g/mol. The summed E-state index contributed by atoms with van der Waals surface area (Å²) < 4.78 is 56.0. The summed E-state index contributed by atoms with van der Waals surface area (Å²) in [7, 11) is -4.23. The third-order valence-electron chi connectivity index (χ3n) is 8.12. The topological polar surface area (TPSA) is 142 Å². The maximum atomic E-state index is 13.9. The van der Waals surface area contributed by atoms with Gasteiger partial charge in [0.05, 0.1) is 48.8 Å². The quantitative estimate of drug-likeness (QED) is 0.368. The van der Waals surface area contributed by atoms with Crippen LogP contribution in [0.1, 0.15) is 37.7 Å². The van der Waals surface area contributed by atoms with E-state index in [0.717, 1.165) is 29.3 Å². The summed E-state index contributed by atoms with van der Waals surface area (Å²) >= 11 is 0. The van der Waals surface area contributed by atoms with E-state index in [9.17, 15) is 18.3 Å². The molecule has 1 amide bonds. The van der Waals surface area contributed by atoms with E-state index in [2.05, 4.69) is 5.32 Å². The van der Waals surface area contributed by atoms with E-state index >= 15 is 0 Å². The van der Waals surface area contributed by atoms with Crippen LogP contribution in [-0.2, 0) is 35.5 Å². The minimum Gasteiger partial charge on any atom is -0.454 e. The lowest BCUT2D eigenvalue weighted by Crippen LogP contribution is -2.51. The third kappa shape index (κ3) is 6.51. The lowest BCUT2D eigenvalue weighted by molar-refractivity contribution is -0.145. The molecule has 1 saturated carbocycles. The molecule has 0 bridgehead atoms. The van der Waals surface area contributed by atoms with Gasteiger partial charge in [0.1, 0.15) is 6.10 Å². The molecule has 3 heterocycles. The van der Waals surface area contributed by atoms with Crippen LogP contribution in [0.4, 0.5) is 4.79 Å². The highest BCUT2D eigenvalue weighted by molar-refractivity contribution is 7.89. The number of aliphatic hydroxyl groups is 1. The Balaban J connectivity index is 1.21. The first-order valence-electron chi connectivity index (χ1n) is 14.4. The van der Waals surface area contributed by atoms with Crippen LogP contribution in [0, 0.1) is 5.92 Å². The van der Waals surface area contributed by atoms with Crippen LogP contribution in [0.5, 0.6) is 11.5 Å². The van der Waals surface area contributed by atoms with Crippen molar-refractivity contribution in [2.24, 2.45) is 5.92 Å². The van der Waals surface area contributed by atoms with Crippen LogP contribution < -0.4 is 14.8 Å². The number of nitrogens with zero attached hydrogens (tertiary/aromatic N) is 1. The SMILES string of the molecule is O=C(N[C@@H](Cc1ccccc1)[C@H](O)CN(OC1CCCC1)S(=O)(=O)c1ccc2c(c1)OCO2)OC1COC2OCCC12. The second-order valence-electron chi connectivity index (χ2n) is 11.0. The fraction of sp³-hybridized carbons (Fsp3) is 0.552. The molecule has 5 atom stereocenters. The number of aliphatic hydroxyl groups excluding tert-OH is 1. The lowest BCUT2D eigenvalue weighted by atomic mass is 10.0. The molecule has 1 aliphatic carbocycles. The van der Waals surface area contributed by atoms with Gasteiger partial charge in [0, 0.05) is 6.07 Å². The van der Waals surface area contributed by atoms with Crippen molar-refractivity contribution in [1.82, 2.24) is 9.79 Å². The number of nitrogens with one attached hydrogen (secondary N) is 1. The van der Waals surface area contributed by atoms with Crippen LogP contribution in [0.3, 0.4) is 0 Å². The summed E-state index contributed by atoms with van der Waals surface area (Å²) in [5.41, 5.74) is 0.845. The zero-order chi connectivity index (χ0) is 29.1. The van der Waals surface area contributed by atoms with E-state index in [0.29, 0.717) is 30.9 Å². The maximum absolute atomic E-state index is 13.9. The molecule has 228 valence electrons. The van der Waals surface area contributed by atoms with Crippen LogP contribution in [-0.4, -0.2) is 81.3 Å². The minimum atomic E-state index is -4.23. The Morgan fingerprint density at radius 2 is 1.83 bits per heavy atom. The van der Waals surface area contributed by atoms with Gasteiger partial charge in [-0.15, -0.1) is 0 Å². The van der Waals surface area contributed by atoms with Crippen molar-refractivity contribution in [3.05, 3.63) is 54.1 Å². The number of hydrogen-bond donors (Lipinski definition) is 2. The number of ether oxygens (including phenoxy) is 5. The monoisotopic (exact) mass is 604 g/mol. The van der Waals surface area contributed by atoms with Gasteiger partial charge in [0.15, 0.2) is 17.8 Å². The standard InChI is InChI=1S/C29H36N2O10S/c32-24(16-31(41-20-8-4-5-9-20)42(34,35)21-10-11-25-26(15-21)39-18-38-25)23(14-19-6-2-1-3-7-19)30-29(33)40-27-17-37-28-22(27)12-13-36-28/h1-3,6-7,10-11,15,20,22-24,27-28,32H,4-5,8-9,12-14,16-18H2,(H,30,33)/t22?,23-,24+,27?,28?/m0/s1. The smallest absolute Gasteiger partial charge is 0.407 e. The third-order valence-corrected chi connectivity index (χ3v) is 9.75. The first kappa shape index (κ1) is 29.1. The van der Waals surface area contributed by atoms with Crippen LogP contribution >= 0.6 is 0 Å². The number of benzene rings is 2. The molecule has 12 nitrogen and oxygen atoms in total. The van der Waals surface area contributed by atoms with E-state index in [1.165, 1.54) is 18.2 Å². The molecule has 2 saturated heterocycles. The predicted molar refractivity (Wildman–Crippen MR) is 147 cm³/mol. The highest BCUT2D eigenvalue weighted by Crippen LogP contribution is 2.36. The fourth-order valence-corrected chi connectivity index (χ4v) is 7.13. The van der Waals surface area contributed by atoms with Gasteiger partial charge in [0.2, 0.25) is 6.79 Å². The summed E-state index contributed by atoms with van der Waals surface area (Å²) in [4.78, 5) is 19.0. The van der Waals surface area contributed by atoms with Crippen LogP contribution in [0.25, 0.3) is 0 Å². The van der Waals surface area contributed by atoms with E-state index < -0.39 is 40.9 Å². The Kier molecular flexibility index (Phi) is 8.84. The summed E-state index contributed by atoms with van der Waals surface area (Å²) in [6.07, 6.45) is 0.988. The Labute approximate surface area is 244 Å². The Hall–Kier alpha value is -2.94. The molecule has 6 rings (SSSR count). The molecule has 42 heavy (non-hydrogen) atoms. The molecule has 2 aromatic rings. The Morgan fingerprint density at radius 3 is 2.64 bits per heavy atom. The number of alkyl carbamates (subject to hydrolysis) is 1. The summed E-state index contributed by atoms with van der Waals surface area (Å²) in [6.45, 7) is 0.354. The summed E-state index contributed by atoms with van der Waals surface area (Å²) in [5, 5.41) is 14.3. The van der Waals surface area contributed by atoms with Gasteiger partial charge in [-0.2, -0.15) is 0 Å². The normalized spacial score (nSPS) is 25.0. The average Bonchev–Trinajstić information content (AvgIpc) is 3.79. The van der Waals surface area contributed by atoms with Gasteiger partial charge in [-0.1, -0.05) is 47.6 Å². The molecule has 2 N–H and O–H groups in total. The average molecular weight is 605 g/mol. The van der Waals surface area contributed by atoms with Crippen LogP contribution in [0.15, 0.2) is 53.4 Å². The second-order valence-corrected chi connectivity index (χ2v) is 12.8. The molecule has 0 spiro atoms. The van der Waals surface area contributed by atoms with Crippen molar-refractivity contribution in [3.8, 4) is 11.5 Å². The highest BCUT2D eigenvalue weighted by Gasteiger charge is 2.44. The predicted octanol–water partition coefficient (Wildman–Crippen LogP) is 2.74. The van der Waals surface area contributed by atoms with Gasteiger partial charge in [0.25, 0.3) is 10.0 Å². The second kappa shape index (κ2) is 12.7. The highest BCUT2D eigenvalue weighted by atomic mass is 32.2. The number of carbonyl (C=O) groups excluding carboxylic acids is 1. The summed E-state index contributed by atoms with van der Waals surface area (Å²) in [6, 6.07) is 12.8. The molecule has 4 aliphatic rings. The van der Waals surface area contributed by atoms with E-state index in [1.807, 2.05) is 30.3 Å². The van der Waals surface area contributed by atoms with Gasteiger partial charge >= 0.3 is 6.09 Å². The van der Waals surface area contributed by atoms with Crippen LogP contribution in [0.2, 0.25) is 0 Å². The fourth-order valence-electron chi connectivity index (χ4n) is 5.81. The molecule has 0 aromatic heterocycles. The number of hydrogen-bond acceptors (Lipinski definition) is 10. The van der Waals surface area contributed by atoms with Crippen molar-refractivity contribution in [2.75, 3.05) is 26.6 Å². The first-order valence-corrected chi connectivity index (χ1v) is 15.8. The molecule has 3 aliphatic heterocycles. The Bertz CT molecular complexity index is 1340. The van der Waals surface area contributed by atoms with Gasteiger partial charge in [-0.05, 0) is 43.4 Å². The zero-order valence-corrected chi connectivity index (χ0v) is 23.9. The van der Waals surface area contributed by atoms with Gasteiger partial charge in [-0.3, -0.25) is 4.84 Å². The van der Waals surface area contributed by atoms with E-state index in [-0.39, 0.29) is 43.0 Å². The van der Waals surface area contributed by atoms with Gasteiger partial charge in [-0.25, -0.2) is 13.2 Å². The Morgan fingerprint density at radius 1 is 1.05 bits per heavy atom. The maximum Gasteiger partial charge on any atom is 0.407 e. The summed E-state index contributed by atoms with van der Waals surface area (Å²) in [5.74, 6) is 0.719. The van der Waals surface area contributed by atoms with Crippen molar-refractivity contribution < 1.29 is 46.8 Å². The number of amides is 1. The van der Waals surface area contributed by atoms with Crippen molar-refractivity contribution in [2.45, 2.75) is 74.1 Å². The number of sulfonamides is 1. The van der Waals surface area contributed by atoms with Crippen molar-refractivity contribution >= 4 is 16.1 Å². The number of carbonyl (C=O) groups is 1. The molecule has 3 fully saturated rings. The molecule has 3 unspecified atom stereocenters. The number of hydroxylamine groups is 1. The van der Waals surface area contributed by atoms with Crippen molar-refractivity contribution in [1.29, 1.82) is 0 Å². The number of fused-ring (bicyclic) bond motifs is 2. The lowest BCUT2D eigenvalue weighted by Gasteiger charge is -2.31. The molecule has 2 aromatic carbocycles. The first-order chi connectivity index (χ1) is 20.4. The largest absolute Gasteiger partial charge is 0.454 e. The van der Waals surface area contributed by atoms with Gasteiger partial charge < -0.3 is 34.1 Å². The molecule has 13 heteroatoms. The van der Waals surface area contributed by atoms with E-state index in [1.54, 1.807) is 0 Å². The molecular formula is C29H36N2O10S. The van der Waals surface area contributed by atoms with E-state index in [4.69, 9.17) is 28.5 Å².